The van der Waals surface area contributed by atoms with Crippen LogP contribution < -0.4 is 23.7 Å². The van der Waals surface area contributed by atoms with E-state index < -0.39 is 12.0 Å². The second-order valence-corrected chi connectivity index (χ2v) is 7.53. The van der Waals surface area contributed by atoms with Gasteiger partial charge in [0.1, 0.15) is 6.61 Å². The summed E-state index contributed by atoms with van der Waals surface area (Å²) in [5, 5.41) is 0. The minimum Gasteiger partial charge on any atom is -0.493 e. The summed E-state index contributed by atoms with van der Waals surface area (Å²) in [6.45, 7) is 1.12. The third kappa shape index (κ3) is 3.86. The van der Waals surface area contributed by atoms with Gasteiger partial charge < -0.3 is 28.3 Å². The molecule has 0 aliphatic carbocycles. The number of benzene rings is 2. The van der Waals surface area contributed by atoms with Gasteiger partial charge in [0.05, 0.1) is 31.0 Å². The molecule has 0 spiro atoms. The van der Waals surface area contributed by atoms with Crippen LogP contribution in [0, 0.1) is 0 Å². The number of nitrogens with zero attached hydrogens (tertiary/aromatic N) is 2. The number of fused-ring (bicyclic) bond motifs is 2. The van der Waals surface area contributed by atoms with E-state index in [0.717, 1.165) is 10.2 Å². The molecule has 3 aromatic rings. The van der Waals surface area contributed by atoms with E-state index in [1.54, 1.807) is 33.5 Å². The van der Waals surface area contributed by atoms with Crippen LogP contribution >= 0.6 is 11.3 Å². The molecule has 9 heteroatoms. The highest BCUT2D eigenvalue weighted by Gasteiger charge is 2.27. The fraction of sp³-hybridized carbons (Fsp3) is 0.333. The van der Waals surface area contributed by atoms with Crippen LogP contribution in [-0.4, -0.2) is 51.1 Å². The van der Waals surface area contributed by atoms with Crippen molar-refractivity contribution >= 4 is 27.5 Å². The molecule has 1 aromatic heterocycles. The molecular weight excluding hydrogens is 408 g/mol. The Morgan fingerprint density at radius 3 is 2.63 bits per heavy atom. The number of carbonyl (C=O) groups is 1. The smallest absolute Gasteiger partial charge is 0.292 e. The minimum absolute atomic E-state index is 0.115. The molecular formula is C21H22N2O6S. The second kappa shape index (κ2) is 8.76. The summed E-state index contributed by atoms with van der Waals surface area (Å²) in [5.74, 6) is 1.98. The SMILES string of the molecule is COCCn1c(=NC(=O)[C@@H]2COc3ccccc3O2)sc2cc(OC)c(OC)cc21. The molecule has 1 aliphatic heterocycles. The zero-order chi connectivity index (χ0) is 21.1. The van der Waals surface area contributed by atoms with Gasteiger partial charge in [-0.25, -0.2) is 0 Å². The number of aromatic nitrogens is 1. The first-order valence-electron chi connectivity index (χ1n) is 9.36. The lowest BCUT2D eigenvalue weighted by atomic mass is 10.2. The van der Waals surface area contributed by atoms with Crippen LogP contribution in [0.5, 0.6) is 23.0 Å². The summed E-state index contributed by atoms with van der Waals surface area (Å²) in [5.41, 5.74) is 0.882. The Bertz CT molecular complexity index is 1140. The first kappa shape index (κ1) is 20.2. The zero-order valence-electron chi connectivity index (χ0n) is 16.9. The van der Waals surface area contributed by atoms with Crippen LogP contribution in [-0.2, 0) is 16.1 Å². The second-order valence-electron chi connectivity index (χ2n) is 6.52. The molecule has 0 radical (unpaired) electrons. The molecule has 4 rings (SSSR count). The summed E-state index contributed by atoms with van der Waals surface area (Å²) in [7, 11) is 4.80. The monoisotopic (exact) mass is 430 g/mol. The average molecular weight is 430 g/mol. The van der Waals surface area contributed by atoms with Crippen molar-refractivity contribution in [2.75, 3.05) is 34.5 Å². The summed E-state index contributed by atoms with van der Waals surface area (Å²) >= 11 is 1.39. The summed E-state index contributed by atoms with van der Waals surface area (Å²) in [6, 6.07) is 11.0. The van der Waals surface area contributed by atoms with Crippen molar-refractivity contribution in [3.63, 3.8) is 0 Å². The standard InChI is InChI=1S/C21H22N2O6S/c1-25-9-8-23-13-10-16(26-2)17(27-3)11-19(13)30-21(23)22-20(24)18-12-28-14-6-4-5-7-15(14)29-18/h4-7,10-11,18H,8-9,12H2,1-3H3/t18-/m0/s1. The van der Waals surface area contributed by atoms with Crippen LogP contribution in [0.3, 0.4) is 0 Å². The molecule has 2 heterocycles. The molecule has 1 atom stereocenters. The van der Waals surface area contributed by atoms with Crippen LogP contribution in [0.4, 0.5) is 0 Å². The zero-order valence-corrected chi connectivity index (χ0v) is 17.7. The number of hydrogen-bond acceptors (Lipinski definition) is 7. The van der Waals surface area contributed by atoms with Gasteiger partial charge >= 0.3 is 0 Å². The topological polar surface area (TPSA) is 80.5 Å². The molecule has 0 unspecified atom stereocenters. The average Bonchev–Trinajstić information content (AvgIpc) is 3.11. The number of para-hydroxylation sites is 2. The Balaban J connectivity index is 1.73. The number of methoxy groups -OCH3 is 3. The summed E-state index contributed by atoms with van der Waals surface area (Å²) < 4.78 is 30.4. The Morgan fingerprint density at radius 2 is 1.90 bits per heavy atom. The Kier molecular flexibility index (Phi) is 5.91. The lowest BCUT2D eigenvalue weighted by Gasteiger charge is -2.23. The van der Waals surface area contributed by atoms with Gasteiger partial charge in [-0.1, -0.05) is 23.5 Å². The van der Waals surface area contributed by atoms with E-state index in [1.165, 1.54) is 11.3 Å². The normalized spacial score (nSPS) is 16.0. The quantitative estimate of drug-likeness (QED) is 0.598. The predicted octanol–water partition coefficient (Wildman–Crippen LogP) is 2.63. The van der Waals surface area contributed by atoms with E-state index in [4.69, 9.17) is 23.7 Å². The van der Waals surface area contributed by atoms with Gasteiger partial charge in [0.25, 0.3) is 5.91 Å². The van der Waals surface area contributed by atoms with E-state index in [1.807, 2.05) is 28.8 Å². The number of carbonyl (C=O) groups excluding carboxylic acids is 1. The molecule has 158 valence electrons. The van der Waals surface area contributed by atoms with Crippen molar-refractivity contribution in [1.82, 2.24) is 4.57 Å². The van der Waals surface area contributed by atoms with Crippen LogP contribution in [0.2, 0.25) is 0 Å². The highest BCUT2D eigenvalue weighted by Crippen LogP contribution is 2.34. The molecule has 30 heavy (non-hydrogen) atoms. The van der Waals surface area contributed by atoms with Crippen molar-refractivity contribution in [3.05, 3.63) is 41.2 Å². The molecule has 0 saturated heterocycles. The van der Waals surface area contributed by atoms with Gasteiger partial charge in [-0.2, -0.15) is 4.99 Å². The molecule has 0 fully saturated rings. The van der Waals surface area contributed by atoms with Crippen LogP contribution in [0.25, 0.3) is 10.2 Å². The number of amides is 1. The van der Waals surface area contributed by atoms with Crippen LogP contribution in [0.1, 0.15) is 0 Å². The molecule has 0 saturated carbocycles. The number of hydrogen-bond donors (Lipinski definition) is 0. The maximum absolute atomic E-state index is 12.9. The fourth-order valence-corrected chi connectivity index (χ4v) is 4.26. The number of rotatable bonds is 6. The Hall–Kier alpha value is -3.04. The lowest BCUT2D eigenvalue weighted by molar-refractivity contribution is -0.127. The predicted molar refractivity (Wildman–Crippen MR) is 112 cm³/mol. The van der Waals surface area contributed by atoms with Gasteiger partial charge in [-0.15, -0.1) is 0 Å². The number of thiazole rings is 1. The molecule has 2 aromatic carbocycles. The van der Waals surface area contributed by atoms with Gasteiger partial charge in [-0.05, 0) is 12.1 Å². The lowest BCUT2D eigenvalue weighted by Crippen LogP contribution is -2.37. The van der Waals surface area contributed by atoms with Gasteiger partial charge in [0.2, 0.25) is 6.10 Å². The fourth-order valence-electron chi connectivity index (χ4n) is 3.19. The van der Waals surface area contributed by atoms with Crippen molar-refractivity contribution in [3.8, 4) is 23.0 Å². The van der Waals surface area contributed by atoms with E-state index in [-0.39, 0.29) is 6.61 Å². The van der Waals surface area contributed by atoms with Crippen molar-refractivity contribution in [2.24, 2.45) is 4.99 Å². The molecule has 8 nitrogen and oxygen atoms in total. The highest BCUT2D eigenvalue weighted by molar-refractivity contribution is 7.16. The van der Waals surface area contributed by atoms with E-state index >= 15 is 0 Å². The van der Waals surface area contributed by atoms with Gasteiger partial charge in [0, 0.05) is 25.8 Å². The highest BCUT2D eigenvalue weighted by atomic mass is 32.1. The molecule has 1 aliphatic rings. The van der Waals surface area contributed by atoms with Crippen LogP contribution in [0.15, 0.2) is 41.4 Å². The van der Waals surface area contributed by atoms with E-state index in [9.17, 15) is 4.79 Å². The van der Waals surface area contributed by atoms with Crippen molar-refractivity contribution in [2.45, 2.75) is 12.6 Å². The van der Waals surface area contributed by atoms with Gasteiger partial charge in [0.15, 0.2) is 27.8 Å². The van der Waals surface area contributed by atoms with Gasteiger partial charge in [-0.3, -0.25) is 4.79 Å². The van der Waals surface area contributed by atoms with E-state index in [0.29, 0.717) is 41.0 Å². The number of ether oxygens (including phenoxy) is 5. The Morgan fingerprint density at radius 1 is 1.17 bits per heavy atom. The third-order valence-corrected chi connectivity index (χ3v) is 5.74. The maximum Gasteiger partial charge on any atom is 0.292 e. The largest absolute Gasteiger partial charge is 0.493 e. The van der Waals surface area contributed by atoms with Crippen molar-refractivity contribution in [1.29, 1.82) is 0 Å². The van der Waals surface area contributed by atoms with Crippen molar-refractivity contribution < 1.29 is 28.5 Å². The van der Waals surface area contributed by atoms with E-state index in [2.05, 4.69) is 4.99 Å². The maximum atomic E-state index is 12.9. The Labute approximate surface area is 177 Å². The third-order valence-electron chi connectivity index (χ3n) is 4.70. The minimum atomic E-state index is -0.801. The summed E-state index contributed by atoms with van der Waals surface area (Å²) in [4.78, 5) is 17.8. The summed E-state index contributed by atoms with van der Waals surface area (Å²) in [6.07, 6.45) is -0.801. The first-order valence-corrected chi connectivity index (χ1v) is 10.2. The molecule has 0 bridgehead atoms. The first-order chi connectivity index (χ1) is 14.6. The molecule has 0 N–H and O–H groups in total. The molecule has 1 amide bonds.